The maximum atomic E-state index is 13.5. The van der Waals surface area contributed by atoms with E-state index in [1.54, 1.807) is 24.5 Å². The third kappa shape index (κ3) is 5.15. The molecule has 2 aromatic rings. The van der Waals surface area contributed by atoms with Crippen molar-refractivity contribution in [3.8, 4) is 0 Å². The highest BCUT2D eigenvalue weighted by atomic mass is 32.2. The first kappa shape index (κ1) is 22.8. The number of carbonyl (C=O) groups is 1. The van der Waals surface area contributed by atoms with Crippen molar-refractivity contribution in [1.29, 1.82) is 0 Å². The van der Waals surface area contributed by atoms with Crippen LogP contribution in [-0.2, 0) is 25.9 Å². The zero-order valence-electron chi connectivity index (χ0n) is 18.2. The predicted octanol–water partition coefficient (Wildman–Crippen LogP) is 1.50. The van der Waals surface area contributed by atoms with Crippen molar-refractivity contribution in [3.63, 3.8) is 0 Å². The molecule has 10 heteroatoms. The molecule has 1 N–H and O–H groups in total. The lowest BCUT2D eigenvalue weighted by Gasteiger charge is -2.32. The first-order valence-corrected chi connectivity index (χ1v) is 12.3. The predicted molar refractivity (Wildman–Crippen MR) is 118 cm³/mol. The van der Waals surface area contributed by atoms with Crippen LogP contribution in [0.1, 0.15) is 23.0 Å². The van der Waals surface area contributed by atoms with E-state index in [-0.39, 0.29) is 16.8 Å². The van der Waals surface area contributed by atoms with Crippen molar-refractivity contribution in [1.82, 2.24) is 9.62 Å². The van der Waals surface area contributed by atoms with Gasteiger partial charge in [0.15, 0.2) is 0 Å². The van der Waals surface area contributed by atoms with Crippen molar-refractivity contribution in [2.24, 2.45) is 0 Å². The molecule has 174 valence electrons. The number of furan rings is 1. The Labute approximate surface area is 188 Å². The van der Waals surface area contributed by atoms with E-state index >= 15 is 0 Å². The maximum absolute atomic E-state index is 13.5. The lowest BCUT2D eigenvalue weighted by Crippen LogP contribution is -2.42. The summed E-state index contributed by atoms with van der Waals surface area (Å²) in [5.41, 5.74) is 0.903. The van der Waals surface area contributed by atoms with Crippen molar-refractivity contribution in [2.75, 3.05) is 57.5 Å². The van der Waals surface area contributed by atoms with Crippen LogP contribution in [0.4, 0.5) is 5.69 Å². The molecule has 0 unspecified atom stereocenters. The Morgan fingerprint density at radius 2 is 1.75 bits per heavy atom. The van der Waals surface area contributed by atoms with Gasteiger partial charge in [0.1, 0.15) is 10.7 Å². The van der Waals surface area contributed by atoms with Crippen molar-refractivity contribution in [3.05, 3.63) is 47.9 Å². The Balaban J connectivity index is 1.61. The third-order valence-electron chi connectivity index (χ3n) is 5.63. The zero-order chi connectivity index (χ0) is 22.6. The summed E-state index contributed by atoms with van der Waals surface area (Å²) in [7, 11) is -3.79. The molecule has 3 heterocycles. The average molecular weight is 464 g/mol. The summed E-state index contributed by atoms with van der Waals surface area (Å²) in [6, 6.07) is 8.38. The number of amides is 1. The van der Waals surface area contributed by atoms with Gasteiger partial charge >= 0.3 is 0 Å². The largest absolute Gasteiger partial charge is 0.469 e. The molecular weight excluding hydrogens is 434 g/mol. The number of hydrogen-bond acceptors (Lipinski definition) is 7. The molecule has 0 spiro atoms. The number of rotatable bonds is 7. The minimum atomic E-state index is -3.79. The molecule has 32 heavy (non-hydrogen) atoms. The Bertz CT molecular complexity index is 1010. The molecule has 0 saturated carbocycles. The van der Waals surface area contributed by atoms with Crippen LogP contribution in [0.2, 0.25) is 0 Å². The summed E-state index contributed by atoms with van der Waals surface area (Å²) < 4.78 is 44.6. The van der Waals surface area contributed by atoms with Crippen LogP contribution in [0.3, 0.4) is 0 Å². The second-order valence-corrected chi connectivity index (χ2v) is 9.86. The Morgan fingerprint density at radius 3 is 2.41 bits per heavy atom. The molecule has 2 aliphatic heterocycles. The molecule has 0 radical (unpaired) electrons. The fourth-order valence-corrected chi connectivity index (χ4v) is 5.59. The summed E-state index contributed by atoms with van der Waals surface area (Å²) in [5.74, 6) is 0.451. The molecule has 4 rings (SSSR count). The Hall–Kier alpha value is -2.40. The molecular formula is C22H29N3O6S. The van der Waals surface area contributed by atoms with Crippen molar-refractivity contribution in [2.45, 2.75) is 24.3 Å². The molecule has 0 bridgehead atoms. The van der Waals surface area contributed by atoms with E-state index in [1.807, 2.05) is 17.9 Å². The highest BCUT2D eigenvalue weighted by Gasteiger charge is 2.31. The summed E-state index contributed by atoms with van der Waals surface area (Å²) in [6.45, 7) is 5.44. The number of benzene rings is 1. The van der Waals surface area contributed by atoms with Gasteiger partial charge in [-0.25, -0.2) is 8.42 Å². The number of sulfonamides is 1. The van der Waals surface area contributed by atoms with Crippen LogP contribution >= 0.6 is 0 Å². The molecule has 1 aromatic heterocycles. The minimum Gasteiger partial charge on any atom is -0.469 e. The topological polar surface area (TPSA) is 101 Å². The number of nitrogens with zero attached hydrogens (tertiary/aromatic N) is 2. The monoisotopic (exact) mass is 463 g/mol. The molecule has 1 atom stereocenters. The zero-order valence-corrected chi connectivity index (χ0v) is 19.0. The van der Waals surface area contributed by atoms with Gasteiger partial charge in [-0.2, -0.15) is 4.31 Å². The summed E-state index contributed by atoms with van der Waals surface area (Å²) in [6.07, 6.45) is 2.14. The van der Waals surface area contributed by atoms with Crippen LogP contribution in [0.15, 0.2) is 45.9 Å². The average Bonchev–Trinajstić information content (AvgIpc) is 3.32. The van der Waals surface area contributed by atoms with Gasteiger partial charge in [0, 0.05) is 44.2 Å². The second kappa shape index (κ2) is 10.0. The number of nitrogens with one attached hydrogen (secondary N) is 1. The molecule has 1 aromatic carbocycles. The number of carbonyl (C=O) groups excluding carboxylic acids is 1. The fourth-order valence-electron chi connectivity index (χ4n) is 3.94. The van der Waals surface area contributed by atoms with E-state index < -0.39 is 10.0 Å². The molecule has 2 fully saturated rings. The van der Waals surface area contributed by atoms with Crippen molar-refractivity contribution >= 4 is 21.6 Å². The van der Waals surface area contributed by atoms with E-state index in [4.69, 9.17) is 13.9 Å². The second-order valence-electron chi connectivity index (χ2n) is 7.96. The van der Waals surface area contributed by atoms with Crippen LogP contribution < -0.4 is 10.2 Å². The van der Waals surface area contributed by atoms with Gasteiger partial charge in [-0.15, -0.1) is 0 Å². The molecule has 0 aliphatic carbocycles. The standard InChI is InChI=1S/C22H29N3O6S/c1-17(15-19-3-2-10-31-19)23-22(26)18-4-5-20(24-6-11-29-12-7-24)21(16-18)32(27,28)25-8-13-30-14-9-25/h2-5,10,16-17H,6-9,11-15H2,1H3,(H,23,26)/t17-/m1/s1. The van der Waals surface area contributed by atoms with Gasteiger partial charge in [0.05, 0.1) is 38.4 Å². The van der Waals surface area contributed by atoms with Gasteiger partial charge in [-0.05, 0) is 37.3 Å². The summed E-state index contributed by atoms with van der Waals surface area (Å²) >= 11 is 0. The van der Waals surface area contributed by atoms with E-state index in [0.29, 0.717) is 70.3 Å². The van der Waals surface area contributed by atoms with Crippen LogP contribution in [0.25, 0.3) is 0 Å². The van der Waals surface area contributed by atoms with Gasteiger partial charge in [0.2, 0.25) is 10.0 Å². The van der Waals surface area contributed by atoms with Crippen LogP contribution in [-0.4, -0.2) is 77.3 Å². The highest BCUT2D eigenvalue weighted by molar-refractivity contribution is 7.89. The first-order valence-electron chi connectivity index (χ1n) is 10.8. The minimum absolute atomic E-state index is 0.146. The third-order valence-corrected chi connectivity index (χ3v) is 7.55. The summed E-state index contributed by atoms with van der Waals surface area (Å²) in [4.78, 5) is 15.1. The molecule has 1 amide bonds. The van der Waals surface area contributed by atoms with Crippen molar-refractivity contribution < 1.29 is 27.1 Å². The van der Waals surface area contributed by atoms with Gasteiger partial charge in [0.25, 0.3) is 5.91 Å². The molecule has 2 aliphatic rings. The Morgan fingerprint density at radius 1 is 1.06 bits per heavy atom. The van der Waals surface area contributed by atoms with E-state index in [9.17, 15) is 13.2 Å². The van der Waals surface area contributed by atoms with E-state index in [0.717, 1.165) is 5.76 Å². The molecule has 9 nitrogen and oxygen atoms in total. The lowest BCUT2D eigenvalue weighted by atomic mass is 10.1. The number of anilines is 1. The van der Waals surface area contributed by atoms with E-state index in [1.165, 1.54) is 10.4 Å². The maximum Gasteiger partial charge on any atom is 0.251 e. The first-order chi connectivity index (χ1) is 15.4. The molecule has 2 saturated heterocycles. The van der Waals surface area contributed by atoms with Gasteiger partial charge in [-0.3, -0.25) is 4.79 Å². The van der Waals surface area contributed by atoms with Gasteiger partial charge < -0.3 is 24.1 Å². The van der Waals surface area contributed by atoms with E-state index in [2.05, 4.69) is 5.32 Å². The number of hydrogen-bond donors (Lipinski definition) is 1. The lowest BCUT2D eigenvalue weighted by molar-refractivity contribution is 0.0730. The van der Waals surface area contributed by atoms with Crippen LogP contribution in [0, 0.1) is 0 Å². The van der Waals surface area contributed by atoms with Gasteiger partial charge in [-0.1, -0.05) is 0 Å². The number of ether oxygens (including phenoxy) is 2. The fraction of sp³-hybridized carbons (Fsp3) is 0.500. The SMILES string of the molecule is C[C@H](Cc1ccco1)NC(=O)c1ccc(N2CCOCC2)c(S(=O)(=O)N2CCOCC2)c1. The number of morpholine rings is 2. The summed E-state index contributed by atoms with van der Waals surface area (Å²) in [5, 5.41) is 2.93. The van der Waals surface area contributed by atoms with Crippen LogP contribution in [0.5, 0.6) is 0 Å². The quantitative estimate of drug-likeness (QED) is 0.664. The highest BCUT2D eigenvalue weighted by Crippen LogP contribution is 2.30. The Kier molecular flexibility index (Phi) is 7.14. The normalized spacial score (nSPS) is 19.0. The smallest absolute Gasteiger partial charge is 0.251 e.